The fourth-order valence-electron chi connectivity index (χ4n) is 3.50. The highest BCUT2D eigenvalue weighted by Gasteiger charge is 2.23. The Morgan fingerprint density at radius 1 is 1.00 bits per heavy atom. The molecular weight excluding hydrogens is 342 g/mol. The summed E-state index contributed by atoms with van der Waals surface area (Å²) < 4.78 is 1.71. The van der Waals surface area contributed by atoms with Crippen molar-refractivity contribution in [3.05, 3.63) is 60.2 Å². The molecule has 132 valence electrons. The van der Waals surface area contributed by atoms with E-state index in [-0.39, 0.29) is 5.88 Å². The molecule has 2 heterocycles. The molecule has 4 rings (SSSR count). The van der Waals surface area contributed by atoms with E-state index in [1.54, 1.807) is 4.57 Å². The molecule has 0 bridgehead atoms. The molecular formula is C21H21N3OS. The maximum atomic E-state index is 11.1. The molecule has 2 N–H and O–H groups in total. The van der Waals surface area contributed by atoms with Crippen molar-refractivity contribution in [1.29, 1.82) is 0 Å². The summed E-state index contributed by atoms with van der Waals surface area (Å²) in [4.78, 5) is 4.74. The Balaban J connectivity index is 1.81. The normalized spacial score (nSPS) is 14.7. The van der Waals surface area contributed by atoms with E-state index in [1.807, 2.05) is 54.6 Å². The summed E-state index contributed by atoms with van der Waals surface area (Å²) in [6, 6.07) is 17.7. The molecule has 0 fully saturated rings. The Labute approximate surface area is 158 Å². The predicted molar refractivity (Wildman–Crippen MR) is 112 cm³/mol. The molecule has 26 heavy (non-hydrogen) atoms. The summed E-state index contributed by atoms with van der Waals surface area (Å²) in [5.41, 5.74) is 3.58. The van der Waals surface area contributed by atoms with Gasteiger partial charge in [-0.25, -0.2) is 0 Å². The van der Waals surface area contributed by atoms with Crippen molar-refractivity contribution in [3.8, 4) is 5.88 Å². The number of hydrogen-bond acceptors (Lipinski definition) is 3. The third-order valence-corrected chi connectivity index (χ3v) is 5.03. The summed E-state index contributed by atoms with van der Waals surface area (Å²) in [6.07, 6.45) is 4.28. The van der Waals surface area contributed by atoms with E-state index in [9.17, 15) is 5.11 Å². The van der Waals surface area contributed by atoms with Gasteiger partial charge in [-0.3, -0.25) is 9.56 Å². The van der Waals surface area contributed by atoms with Crippen LogP contribution in [0.25, 0.3) is 10.9 Å². The molecule has 5 heteroatoms. The molecule has 0 saturated carbocycles. The molecule has 0 spiro atoms. The van der Waals surface area contributed by atoms with E-state index < -0.39 is 0 Å². The molecule has 2 aromatic carbocycles. The summed E-state index contributed by atoms with van der Waals surface area (Å²) >= 11 is 5.61. The Bertz CT molecular complexity index is 976. The van der Waals surface area contributed by atoms with Crippen LogP contribution in [0.4, 0.5) is 5.69 Å². The molecule has 3 aromatic rings. The lowest BCUT2D eigenvalue weighted by Gasteiger charge is -2.11. The van der Waals surface area contributed by atoms with Gasteiger partial charge in [-0.1, -0.05) is 42.8 Å². The van der Waals surface area contributed by atoms with Crippen LogP contribution in [0.2, 0.25) is 0 Å². The lowest BCUT2D eigenvalue weighted by molar-refractivity contribution is 0.448. The third kappa shape index (κ3) is 3.10. The highest BCUT2D eigenvalue weighted by molar-refractivity contribution is 7.80. The van der Waals surface area contributed by atoms with Gasteiger partial charge < -0.3 is 10.4 Å². The van der Waals surface area contributed by atoms with Crippen LogP contribution in [-0.4, -0.2) is 27.0 Å². The third-order valence-electron chi connectivity index (χ3n) is 4.74. The second-order valence-electron chi connectivity index (χ2n) is 6.49. The van der Waals surface area contributed by atoms with Crippen molar-refractivity contribution in [3.63, 3.8) is 0 Å². The number of aromatic nitrogens is 1. The van der Waals surface area contributed by atoms with Crippen LogP contribution in [0, 0.1) is 0 Å². The van der Waals surface area contributed by atoms with E-state index in [4.69, 9.17) is 17.2 Å². The van der Waals surface area contributed by atoms with Crippen LogP contribution in [-0.2, 0) is 0 Å². The van der Waals surface area contributed by atoms with E-state index in [2.05, 4.69) is 5.32 Å². The number of nitrogens with zero attached hydrogens (tertiary/aromatic N) is 2. The average molecular weight is 363 g/mol. The highest BCUT2D eigenvalue weighted by atomic mass is 32.1. The van der Waals surface area contributed by atoms with Crippen LogP contribution >= 0.6 is 12.2 Å². The first-order valence-corrected chi connectivity index (χ1v) is 9.39. The summed E-state index contributed by atoms with van der Waals surface area (Å²) in [5, 5.41) is 15.7. The first kappa shape index (κ1) is 16.8. The van der Waals surface area contributed by atoms with Crippen molar-refractivity contribution >= 4 is 39.6 Å². The van der Waals surface area contributed by atoms with Gasteiger partial charge in [-0.05, 0) is 49.7 Å². The van der Waals surface area contributed by atoms with Crippen LogP contribution in [0.15, 0.2) is 59.6 Å². The maximum Gasteiger partial charge on any atom is 0.207 e. The summed E-state index contributed by atoms with van der Waals surface area (Å²) in [7, 11) is 0. The number of anilines is 1. The number of para-hydroxylation sites is 2. The number of aliphatic imine (C=N–C) groups is 1. The molecule has 0 aliphatic carbocycles. The topological polar surface area (TPSA) is 49.6 Å². The standard InChI is InChI=1S/C21H21N3OS/c25-20-19(17-12-5-2-8-14-22-17)16-11-6-7-13-18(16)24(20)21(26)23-15-9-3-1-4-10-15/h1,3-4,6-7,9-11,13,25H,2,5,8,12,14H2,(H,23,26). The number of nitrogens with one attached hydrogen (secondary N) is 1. The van der Waals surface area contributed by atoms with Gasteiger partial charge in [0.1, 0.15) is 0 Å². The molecule has 0 atom stereocenters. The van der Waals surface area contributed by atoms with E-state index in [1.165, 1.54) is 6.42 Å². The van der Waals surface area contributed by atoms with Crippen molar-refractivity contribution in [2.24, 2.45) is 4.99 Å². The molecule has 1 aromatic heterocycles. The van der Waals surface area contributed by atoms with Crippen molar-refractivity contribution in [2.75, 3.05) is 11.9 Å². The first-order valence-electron chi connectivity index (χ1n) is 8.98. The van der Waals surface area contributed by atoms with E-state index in [0.29, 0.717) is 5.11 Å². The van der Waals surface area contributed by atoms with Crippen molar-refractivity contribution < 1.29 is 5.11 Å². The van der Waals surface area contributed by atoms with Crippen molar-refractivity contribution in [2.45, 2.75) is 25.7 Å². The Hall–Kier alpha value is -2.66. The minimum atomic E-state index is 0.167. The average Bonchev–Trinajstić information content (AvgIpc) is 2.80. The molecule has 0 radical (unpaired) electrons. The quantitative estimate of drug-likeness (QED) is 0.633. The molecule has 0 amide bonds. The lowest BCUT2D eigenvalue weighted by Crippen LogP contribution is -2.18. The molecule has 1 aliphatic heterocycles. The highest BCUT2D eigenvalue weighted by Crippen LogP contribution is 2.34. The smallest absolute Gasteiger partial charge is 0.207 e. The summed E-state index contributed by atoms with van der Waals surface area (Å²) in [5.74, 6) is 0.167. The largest absolute Gasteiger partial charge is 0.494 e. The number of rotatable bonds is 2. The van der Waals surface area contributed by atoms with Crippen LogP contribution in [0.1, 0.15) is 31.2 Å². The fourth-order valence-corrected chi connectivity index (χ4v) is 3.80. The molecule has 0 unspecified atom stereocenters. The van der Waals surface area contributed by atoms with Gasteiger partial charge >= 0.3 is 0 Å². The van der Waals surface area contributed by atoms with Gasteiger partial charge in [-0.2, -0.15) is 0 Å². The number of benzene rings is 2. The van der Waals surface area contributed by atoms with Gasteiger partial charge in [-0.15, -0.1) is 0 Å². The van der Waals surface area contributed by atoms with Crippen LogP contribution in [0.5, 0.6) is 5.88 Å². The van der Waals surface area contributed by atoms with Gasteiger partial charge in [0, 0.05) is 23.3 Å². The Morgan fingerprint density at radius 3 is 2.62 bits per heavy atom. The SMILES string of the molecule is Oc1c(C2=NCCCCC2)c2ccccc2n1C(=S)Nc1ccccc1. The van der Waals surface area contributed by atoms with Gasteiger partial charge in [0.25, 0.3) is 0 Å². The van der Waals surface area contributed by atoms with E-state index >= 15 is 0 Å². The monoisotopic (exact) mass is 363 g/mol. The fraction of sp³-hybridized carbons (Fsp3) is 0.238. The van der Waals surface area contributed by atoms with Gasteiger partial charge in [0.05, 0.1) is 11.1 Å². The molecule has 0 saturated heterocycles. The number of aromatic hydroxyl groups is 1. The van der Waals surface area contributed by atoms with Crippen LogP contribution in [0.3, 0.4) is 0 Å². The maximum absolute atomic E-state index is 11.1. The van der Waals surface area contributed by atoms with Crippen molar-refractivity contribution in [1.82, 2.24) is 4.57 Å². The number of hydrogen-bond donors (Lipinski definition) is 2. The van der Waals surface area contributed by atoms with E-state index in [0.717, 1.165) is 53.7 Å². The predicted octanol–water partition coefficient (Wildman–Crippen LogP) is 4.96. The lowest BCUT2D eigenvalue weighted by atomic mass is 10.0. The Kier molecular flexibility index (Phi) is 4.71. The Morgan fingerprint density at radius 2 is 1.77 bits per heavy atom. The number of fused-ring (bicyclic) bond motifs is 1. The zero-order valence-corrected chi connectivity index (χ0v) is 15.3. The van der Waals surface area contributed by atoms with Gasteiger partial charge in [0.15, 0.2) is 5.11 Å². The molecule has 1 aliphatic rings. The zero-order chi connectivity index (χ0) is 17.9. The van der Waals surface area contributed by atoms with Gasteiger partial charge in [0.2, 0.25) is 5.88 Å². The van der Waals surface area contributed by atoms with Crippen LogP contribution < -0.4 is 5.32 Å². The first-order chi connectivity index (χ1) is 12.8. The number of thiocarbonyl (C=S) groups is 1. The second kappa shape index (κ2) is 7.30. The summed E-state index contributed by atoms with van der Waals surface area (Å²) in [6.45, 7) is 0.820. The molecule has 4 nitrogen and oxygen atoms in total. The zero-order valence-electron chi connectivity index (χ0n) is 14.5. The second-order valence-corrected chi connectivity index (χ2v) is 6.87. The minimum Gasteiger partial charge on any atom is -0.494 e. The minimum absolute atomic E-state index is 0.167.